The second kappa shape index (κ2) is 6.81. The number of aromatic nitrogens is 2. The number of hydrogen-bond acceptors (Lipinski definition) is 4. The predicted molar refractivity (Wildman–Crippen MR) is 86.9 cm³/mol. The lowest BCUT2D eigenvalue weighted by atomic mass is 10.1. The molecule has 2 rings (SSSR count). The van der Waals surface area contributed by atoms with E-state index in [1.165, 1.54) is 0 Å². The maximum Gasteiger partial charge on any atom is 0.319 e. The van der Waals surface area contributed by atoms with Crippen LogP contribution in [0, 0.1) is 5.82 Å². The molecule has 2 aromatic rings. The van der Waals surface area contributed by atoms with Crippen LogP contribution in [0.3, 0.4) is 0 Å². The van der Waals surface area contributed by atoms with Gasteiger partial charge in [0.15, 0.2) is 11.6 Å². The van der Waals surface area contributed by atoms with Crippen LogP contribution in [0.15, 0.2) is 6.20 Å². The van der Waals surface area contributed by atoms with E-state index in [1.807, 2.05) is 0 Å². The lowest BCUT2D eigenvalue weighted by molar-refractivity contribution is 0.207. The highest BCUT2D eigenvalue weighted by Gasteiger charge is 2.24. The van der Waals surface area contributed by atoms with E-state index in [0.717, 1.165) is 6.20 Å². The van der Waals surface area contributed by atoms with Crippen LogP contribution < -0.4 is 10.5 Å². The Kier molecular flexibility index (Phi) is 5.45. The van der Waals surface area contributed by atoms with Crippen molar-refractivity contribution in [3.8, 4) is 6.01 Å². The van der Waals surface area contributed by atoms with Crippen molar-refractivity contribution in [2.24, 2.45) is 0 Å². The van der Waals surface area contributed by atoms with Gasteiger partial charge in [0.05, 0.1) is 31.3 Å². The largest absolute Gasteiger partial charge is 0.455 e. The fourth-order valence-corrected chi connectivity index (χ4v) is 3.08. The van der Waals surface area contributed by atoms with Crippen molar-refractivity contribution < 1.29 is 9.13 Å². The summed E-state index contributed by atoms with van der Waals surface area (Å²) in [5, 5.41) is 0.300. The van der Waals surface area contributed by atoms with Crippen LogP contribution in [-0.4, -0.2) is 9.97 Å². The Morgan fingerprint density at radius 3 is 2.05 bits per heavy atom. The summed E-state index contributed by atoms with van der Waals surface area (Å²) in [5.41, 5.74) is 5.65. The molecule has 1 heterocycles. The van der Waals surface area contributed by atoms with Gasteiger partial charge in [-0.2, -0.15) is 4.98 Å². The van der Waals surface area contributed by atoms with Crippen LogP contribution >= 0.6 is 58.0 Å². The van der Waals surface area contributed by atoms with E-state index in [2.05, 4.69) is 9.97 Å². The Morgan fingerprint density at radius 1 is 1.05 bits per heavy atom. The number of nitrogen functional groups attached to an aromatic ring is 1. The van der Waals surface area contributed by atoms with Crippen LogP contribution in [0.1, 0.15) is 18.6 Å². The van der Waals surface area contributed by atoms with Crippen molar-refractivity contribution >= 4 is 63.8 Å². The summed E-state index contributed by atoms with van der Waals surface area (Å²) in [6, 6.07) is -0.152. The molecule has 0 saturated carbocycles. The minimum atomic E-state index is -0.756. The molecule has 10 heteroatoms. The van der Waals surface area contributed by atoms with E-state index in [-0.39, 0.29) is 36.9 Å². The molecule has 0 radical (unpaired) electrons. The Labute approximate surface area is 150 Å². The van der Waals surface area contributed by atoms with Gasteiger partial charge >= 0.3 is 6.01 Å². The molecule has 4 nitrogen and oxygen atoms in total. The van der Waals surface area contributed by atoms with E-state index < -0.39 is 11.9 Å². The molecule has 0 bridgehead atoms. The molecule has 0 amide bonds. The molecule has 0 spiro atoms. The Morgan fingerprint density at radius 2 is 1.55 bits per heavy atom. The molecule has 2 N–H and O–H groups in total. The van der Waals surface area contributed by atoms with Gasteiger partial charge in [-0.05, 0) is 6.92 Å². The van der Waals surface area contributed by atoms with E-state index in [0.29, 0.717) is 5.56 Å². The average molecular weight is 405 g/mol. The molecule has 0 fully saturated rings. The number of benzene rings is 1. The van der Waals surface area contributed by atoms with Gasteiger partial charge in [0.25, 0.3) is 0 Å². The van der Waals surface area contributed by atoms with Gasteiger partial charge in [-0.15, -0.1) is 0 Å². The van der Waals surface area contributed by atoms with Crippen molar-refractivity contribution in [1.29, 1.82) is 0 Å². The third-order valence-electron chi connectivity index (χ3n) is 2.68. The van der Waals surface area contributed by atoms with Crippen LogP contribution in [-0.2, 0) is 0 Å². The van der Waals surface area contributed by atoms with Crippen LogP contribution in [0.4, 0.5) is 10.2 Å². The van der Waals surface area contributed by atoms with E-state index in [1.54, 1.807) is 6.92 Å². The molecular weight excluding hydrogens is 398 g/mol. The highest BCUT2D eigenvalue weighted by Crippen LogP contribution is 2.46. The highest BCUT2D eigenvalue weighted by atomic mass is 35.5. The quantitative estimate of drug-likeness (QED) is 0.533. The maximum absolute atomic E-state index is 13.0. The molecule has 118 valence electrons. The molecule has 1 aromatic carbocycles. The molecule has 1 atom stereocenters. The van der Waals surface area contributed by atoms with E-state index in [4.69, 9.17) is 68.5 Å². The van der Waals surface area contributed by atoms with Crippen LogP contribution in [0.5, 0.6) is 6.01 Å². The first-order valence-electron chi connectivity index (χ1n) is 5.70. The van der Waals surface area contributed by atoms with Gasteiger partial charge in [-0.1, -0.05) is 58.0 Å². The number of halogens is 6. The van der Waals surface area contributed by atoms with Gasteiger partial charge < -0.3 is 10.5 Å². The Bertz CT molecular complexity index is 714. The zero-order chi connectivity index (χ0) is 16.6. The monoisotopic (exact) mass is 403 g/mol. The normalized spacial score (nSPS) is 12.3. The molecule has 1 aromatic heterocycles. The molecule has 1 unspecified atom stereocenters. The molecular formula is C12H7Cl5FN3O. The van der Waals surface area contributed by atoms with Crippen molar-refractivity contribution in [2.45, 2.75) is 13.0 Å². The van der Waals surface area contributed by atoms with Crippen LogP contribution in [0.2, 0.25) is 25.1 Å². The summed E-state index contributed by atoms with van der Waals surface area (Å²) >= 11 is 30.1. The highest BCUT2D eigenvalue weighted by molar-refractivity contribution is 6.55. The number of nitrogens with zero attached hydrogens (tertiary/aromatic N) is 2. The molecule has 0 aliphatic heterocycles. The van der Waals surface area contributed by atoms with E-state index >= 15 is 0 Å². The van der Waals surface area contributed by atoms with Crippen LogP contribution in [0.25, 0.3) is 0 Å². The van der Waals surface area contributed by atoms with Gasteiger partial charge in [0, 0.05) is 5.56 Å². The van der Waals surface area contributed by atoms with Gasteiger partial charge in [-0.3, -0.25) is 0 Å². The van der Waals surface area contributed by atoms with Gasteiger partial charge in [0.1, 0.15) is 6.10 Å². The molecule has 0 aliphatic carbocycles. The first-order valence-corrected chi connectivity index (χ1v) is 7.59. The SMILES string of the molecule is CC(Oc1ncc(F)c(N)n1)c1c(Cl)c(Cl)c(Cl)c(Cl)c1Cl. The first-order chi connectivity index (χ1) is 10.2. The van der Waals surface area contributed by atoms with Crippen molar-refractivity contribution in [3.63, 3.8) is 0 Å². The maximum atomic E-state index is 13.0. The number of anilines is 1. The zero-order valence-corrected chi connectivity index (χ0v) is 14.6. The van der Waals surface area contributed by atoms with Gasteiger partial charge in [-0.25, -0.2) is 9.37 Å². The minimum absolute atomic E-state index is 0.0385. The third-order valence-corrected chi connectivity index (χ3v) is 4.99. The fourth-order valence-electron chi connectivity index (χ4n) is 1.62. The molecule has 0 aliphatic rings. The van der Waals surface area contributed by atoms with Crippen molar-refractivity contribution in [1.82, 2.24) is 9.97 Å². The lowest BCUT2D eigenvalue weighted by Gasteiger charge is -2.19. The summed E-state index contributed by atoms with van der Waals surface area (Å²) in [5.74, 6) is -1.10. The second-order valence-corrected chi connectivity index (χ2v) is 6.02. The second-order valence-electron chi connectivity index (χ2n) is 4.13. The minimum Gasteiger partial charge on any atom is -0.455 e. The summed E-state index contributed by atoms with van der Waals surface area (Å²) in [6.45, 7) is 1.61. The number of rotatable bonds is 3. The van der Waals surface area contributed by atoms with E-state index in [9.17, 15) is 4.39 Å². The summed E-state index contributed by atoms with van der Waals surface area (Å²) < 4.78 is 18.5. The first kappa shape index (κ1) is 17.6. The van der Waals surface area contributed by atoms with Gasteiger partial charge in [0.2, 0.25) is 0 Å². The summed E-state index contributed by atoms with van der Waals surface area (Å²) in [7, 11) is 0. The predicted octanol–water partition coefficient (Wildman–Crippen LogP) is 5.60. The molecule has 0 saturated heterocycles. The molecule has 22 heavy (non-hydrogen) atoms. The standard InChI is InChI=1S/C12H7Cl5FN3O/c1-3(22-12-20-2-4(18)11(19)21-12)5-6(13)8(15)10(17)9(16)7(5)14/h2-3H,1H3,(H2,19,20,21). The summed E-state index contributed by atoms with van der Waals surface area (Å²) in [6.07, 6.45) is 0.146. The Hall–Kier alpha value is -0.720. The number of ether oxygens (including phenoxy) is 1. The van der Waals surface area contributed by atoms with Crippen molar-refractivity contribution in [3.05, 3.63) is 42.7 Å². The third kappa shape index (κ3) is 3.29. The smallest absolute Gasteiger partial charge is 0.319 e. The summed E-state index contributed by atoms with van der Waals surface area (Å²) in [4.78, 5) is 7.31. The van der Waals surface area contributed by atoms with Crippen molar-refractivity contribution in [2.75, 3.05) is 5.73 Å². The Balaban J connectivity index is 2.41. The topological polar surface area (TPSA) is 61.0 Å². The number of hydrogen-bond donors (Lipinski definition) is 1. The fraction of sp³-hybridized carbons (Fsp3) is 0.167. The number of nitrogens with two attached hydrogens (primary N) is 1. The zero-order valence-electron chi connectivity index (χ0n) is 10.8. The lowest BCUT2D eigenvalue weighted by Crippen LogP contribution is -2.09. The average Bonchev–Trinajstić information content (AvgIpc) is 2.47.